The highest BCUT2D eigenvalue weighted by Gasteiger charge is 2.24. The summed E-state index contributed by atoms with van der Waals surface area (Å²) >= 11 is 0. The molecule has 0 bridgehead atoms. The van der Waals surface area contributed by atoms with Gasteiger partial charge in [0.25, 0.3) is 0 Å². The zero-order valence-electron chi connectivity index (χ0n) is 8.55. The van der Waals surface area contributed by atoms with E-state index in [1.54, 1.807) is 7.11 Å². The minimum Gasteiger partial charge on any atom is -0.379 e. The lowest BCUT2D eigenvalue weighted by Gasteiger charge is -2.37. The SMILES string of the molecule is CC[N+](C)(CC)C(C)COC. The van der Waals surface area contributed by atoms with Crippen LogP contribution in [0.15, 0.2) is 0 Å². The quantitative estimate of drug-likeness (QED) is 0.554. The molecule has 0 radical (unpaired) electrons. The average Bonchev–Trinajstić information content (AvgIpc) is 2.03. The molecule has 0 aromatic rings. The van der Waals surface area contributed by atoms with E-state index < -0.39 is 0 Å². The summed E-state index contributed by atoms with van der Waals surface area (Å²) in [4.78, 5) is 0. The Morgan fingerprint density at radius 3 is 2.00 bits per heavy atom. The number of nitrogens with zero attached hydrogens (tertiary/aromatic N) is 1. The summed E-state index contributed by atoms with van der Waals surface area (Å²) in [5, 5.41) is 0. The molecule has 0 rings (SSSR count). The van der Waals surface area contributed by atoms with Crippen molar-refractivity contribution in [3.63, 3.8) is 0 Å². The van der Waals surface area contributed by atoms with Crippen molar-refractivity contribution in [3.8, 4) is 0 Å². The number of quaternary nitrogens is 1. The maximum atomic E-state index is 5.14. The maximum absolute atomic E-state index is 5.14. The van der Waals surface area contributed by atoms with Crippen molar-refractivity contribution in [2.75, 3.05) is 33.9 Å². The van der Waals surface area contributed by atoms with E-state index in [2.05, 4.69) is 27.8 Å². The van der Waals surface area contributed by atoms with Gasteiger partial charge in [0, 0.05) is 7.11 Å². The fraction of sp³-hybridized carbons (Fsp3) is 1.00. The first-order valence-corrected chi connectivity index (χ1v) is 4.43. The number of rotatable bonds is 5. The second kappa shape index (κ2) is 4.73. The van der Waals surface area contributed by atoms with Crippen molar-refractivity contribution in [1.82, 2.24) is 0 Å². The van der Waals surface area contributed by atoms with Gasteiger partial charge in [-0.05, 0) is 20.8 Å². The molecule has 0 aromatic heterocycles. The zero-order chi connectivity index (χ0) is 8.91. The van der Waals surface area contributed by atoms with Gasteiger partial charge >= 0.3 is 0 Å². The third-order valence-electron chi connectivity index (χ3n) is 2.92. The minimum atomic E-state index is 0.606. The number of hydrogen-bond acceptors (Lipinski definition) is 1. The highest BCUT2D eigenvalue weighted by Crippen LogP contribution is 2.08. The lowest BCUT2D eigenvalue weighted by molar-refractivity contribution is -0.928. The van der Waals surface area contributed by atoms with Crippen LogP contribution in [0.5, 0.6) is 0 Å². The summed E-state index contributed by atoms with van der Waals surface area (Å²) in [6, 6.07) is 0.606. The second-order valence-electron chi connectivity index (χ2n) is 3.42. The molecule has 0 aliphatic carbocycles. The smallest absolute Gasteiger partial charge is 0.110 e. The molecule has 1 unspecified atom stereocenters. The molecule has 0 saturated carbocycles. The second-order valence-corrected chi connectivity index (χ2v) is 3.42. The number of ether oxygens (including phenoxy) is 1. The van der Waals surface area contributed by atoms with E-state index in [9.17, 15) is 0 Å². The summed E-state index contributed by atoms with van der Waals surface area (Å²) in [6.07, 6.45) is 0. The van der Waals surface area contributed by atoms with Gasteiger partial charge < -0.3 is 9.22 Å². The monoisotopic (exact) mass is 160 g/mol. The Kier molecular flexibility index (Phi) is 4.69. The van der Waals surface area contributed by atoms with Gasteiger partial charge in [0.05, 0.1) is 26.7 Å². The molecule has 0 aromatic carbocycles. The molecular weight excluding hydrogens is 138 g/mol. The van der Waals surface area contributed by atoms with E-state index in [4.69, 9.17) is 4.74 Å². The topological polar surface area (TPSA) is 9.23 Å². The standard InChI is InChI=1S/C9H22NO/c1-6-10(4,7-2)9(3)8-11-5/h9H,6-8H2,1-5H3/q+1. The van der Waals surface area contributed by atoms with Crippen molar-refractivity contribution < 1.29 is 9.22 Å². The number of methoxy groups -OCH3 is 1. The normalized spacial score (nSPS) is 15.0. The molecule has 0 amide bonds. The van der Waals surface area contributed by atoms with Gasteiger partial charge in [-0.15, -0.1) is 0 Å². The van der Waals surface area contributed by atoms with Gasteiger partial charge in [0.2, 0.25) is 0 Å². The summed E-state index contributed by atoms with van der Waals surface area (Å²) in [5.74, 6) is 0. The molecular formula is C9H22NO+. The third-order valence-corrected chi connectivity index (χ3v) is 2.92. The first kappa shape index (κ1) is 10.9. The Bertz CT molecular complexity index is 99.7. The van der Waals surface area contributed by atoms with Crippen molar-refractivity contribution in [2.24, 2.45) is 0 Å². The van der Waals surface area contributed by atoms with E-state index in [0.29, 0.717) is 6.04 Å². The fourth-order valence-corrected chi connectivity index (χ4v) is 1.27. The Labute approximate surface area is 70.7 Å². The van der Waals surface area contributed by atoms with E-state index in [0.717, 1.165) is 11.1 Å². The third kappa shape index (κ3) is 2.80. The molecule has 0 heterocycles. The van der Waals surface area contributed by atoms with Crippen molar-refractivity contribution in [2.45, 2.75) is 26.8 Å². The molecule has 1 atom stereocenters. The molecule has 0 N–H and O–H groups in total. The molecule has 0 aliphatic rings. The maximum Gasteiger partial charge on any atom is 0.110 e. The van der Waals surface area contributed by atoms with Crippen LogP contribution in [0.2, 0.25) is 0 Å². The highest BCUT2D eigenvalue weighted by molar-refractivity contribution is 4.48. The lowest BCUT2D eigenvalue weighted by Crippen LogP contribution is -2.52. The summed E-state index contributed by atoms with van der Waals surface area (Å²) in [5.41, 5.74) is 0. The van der Waals surface area contributed by atoms with Gasteiger partial charge in [-0.1, -0.05) is 0 Å². The number of likely N-dealkylation sites (N-methyl/N-ethyl adjacent to an activating group) is 1. The van der Waals surface area contributed by atoms with Crippen LogP contribution in [0.4, 0.5) is 0 Å². The van der Waals surface area contributed by atoms with Crippen molar-refractivity contribution in [3.05, 3.63) is 0 Å². The van der Waals surface area contributed by atoms with Crippen LogP contribution >= 0.6 is 0 Å². The first-order chi connectivity index (χ1) is 5.10. The lowest BCUT2D eigenvalue weighted by atomic mass is 10.2. The van der Waals surface area contributed by atoms with Crippen LogP contribution in [0.25, 0.3) is 0 Å². The average molecular weight is 160 g/mol. The first-order valence-electron chi connectivity index (χ1n) is 4.43. The summed E-state index contributed by atoms with van der Waals surface area (Å²) in [6.45, 7) is 9.93. The van der Waals surface area contributed by atoms with Crippen LogP contribution in [-0.2, 0) is 4.74 Å². The molecule has 0 fully saturated rings. The van der Waals surface area contributed by atoms with E-state index in [1.165, 1.54) is 13.1 Å². The Hall–Kier alpha value is -0.0800. The zero-order valence-corrected chi connectivity index (χ0v) is 8.55. The Balaban J connectivity index is 4.00. The molecule has 0 spiro atoms. The van der Waals surface area contributed by atoms with Crippen LogP contribution < -0.4 is 0 Å². The summed E-state index contributed by atoms with van der Waals surface area (Å²) < 4.78 is 6.24. The van der Waals surface area contributed by atoms with Crippen molar-refractivity contribution in [1.29, 1.82) is 0 Å². The van der Waals surface area contributed by atoms with E-state index in [1.807, 2.05) is 0 Å². The molecule has 2 nitrogen and oxygen atoms in total. The molecule has 11 heavy (non-hydrogen) atoms. The van der Waals surface area contributed by atoms with Crippen LogP contribution in [-0.4, -0.2) is 44.4 Å². The van der Waals surface area contributed by atoms with Crippen LogP contribution in [0.3, 0.4) is 0 Å². The molecule has 0 aliphatic heterocycles. The predicted octanol–water partition coefficient (Wildman–Crippen LogP) is 1.51. The van der Waals surface area contributed by atoms with Gasteiger partial charge in [-0.2, -0.15) is 0 Å². The molecule has 68 valence electrons. The largest absolute Gasteiger partial charge is 0.379 e. The molecule has 0 saturated heterocycles. The van der Waals surface area contributed by atoms with Gasteiger partial charge in [-0.25, -0.2) is 0 Å². The minimum absolute atomic E-state index is 0.606. The highest BCUT2D eigenvalue weighted by atomic mass is 16.5. The Morgan fingerprint density at radius 2 is 1.73 bits per heavy atom. The summed E-state index contributed by atoms with van der Waals surface area (Å²) in [7, 11) is 4.05. The molecule has 2 heteroatoms. The van der Waals surface area contributed by atoms with Crippen LogP contribution in [0, 0.1) is 0 Å². The number of hydrogen-bond donors (Lipinski definition) is 0. The van der Waals surface area contributed by atoms with Crippen LogP contribution in [0.1, 0.15) is 20.8 Å². The Morgan fingerprint density at radius 1 is 1.27 bits per heavy atom. The van der Waals surface area contributed by atoms with Crippen molar-refractivity contribution >= 4 is 0 Å². The van der Waals surface area contributed by atoms with E-state index >= 15 is 0 Å². The van der Waals surface area contributed by atoms with Gasteiger partial charge in [0.1, 0.15) is 6.04 Å². The van der Waals surface area contributed by atoms with Gasteiger partial charge in [-0.3, -0.25) is 0 Å². The van der Waals surface area contributed by atoms with E-state index in [-0.39, 0.29) is 0 Å². The fourth-order valence-electron chi connectivity index (χ4n) is 1.27. The predicted molar refractivity (Wildman–Crippen MR) is 48.6 cm³/mol. The van der Waals surface area contributed by atoms with Gasteiger partial charge in [0.15, 0.2) is 0 Å².